The zero-order valence-electron chi connectivity index (χ0n) is 8.95. The largest absolute Gasteiger partial charge is 0.330 e. The van der Waals surface area contributed by atoms with E-state index >= 15 is 0 Å². The van der Waals surface area contributed by atoms with E-state index in [1.807, 2.05) is 24.6 Å². The van der Waals surface area contributed by atoms with Crippen molar-refractivity contribution in [1.82, 2.24) is 5.32 Å². The van der Waals surface area contributed by atoms with Crippen molar-refractivity contribution in [2.45, 2.75) is 20.3 Å². The number of carbonyl (C=O) groups is 1. The third-order valence-corrected chi connectivity index (χ3v) is 2.76. The van der Waals surface area contributed by atoms with Crippen molar-refractivity contribution in [3.63, 3.8) is 0 Å². The SMILES string of the molecule is CC(=O)NC1=CC=C2C=NC=CC2(C)C1. The fourth-order valence-electron chi connectivity index (χ4n) is 1.93. The Morgan fingerprint density at radius 2 is 2.33 bits per heavy atom. The number of hydrogen-bond acceptors (Lipinski definition) is 2. The number of nitrogens with one attached hydrogen (secondary N) is 1. The van der Waals surface area contributed by atoms with Crippen LogP contribution in [0.5, 0.6) is 0 Å². The molecule has 78 valence electrons. The Balaban J connectivity index is 2.26. The molecule has 15 heavy (non-hydrogen) atoms. The molecule has 1 heterocycles. The number of aliphatic imine (C=N–C) groups is 1. The van der Waals surface area contributed by atoms with Gasteiger partial charge in [0.25, 0.3) is 0 Å². The second-order valence-corrected chi connectivity index (χ2v) is 4.18. The molecular weight excluding hydrogens is 188 g/mol. The van der Waals surface area contributed by atoms with Crippen molar-refractivity contribution in [2.24, 2.45) is 10.4 Å². The normalized spacial score (nSPS) is 27.9. The number of nitrogens with zero attached hydrogens (tertiary/aromatic N) is 1. The minimum absolute atomic E-state index is 0.0184. The van der Waals surface area contributed by atoms with Gasteiger partial charge in [-0.25, -0.2) is 0 Å². The van der Waals surface area contributed by atoms with Gasteiger partial charge in [0, 0.05) is 36.9 Å². The molecule has 3 nitrogen and oxygen atoms in total. The molecule has 0 aromatic heterocycles. The van der Waals surface area contributed by atoms with Crippen LogP contribution in [-0.2, 0) is 4.79 Å². The van der Waals surface area contributed by atoms with Gasteiger partial charge in [-0.05, 0) is 11.6 Å². The molecule has 0 aromatic rings. The highest BCUT2D eigenvalue weighted by Gasteiger charge is 2.30. The molecule has 0 radical (unpaired) electrons. The van der Waals surface area contributed by atoms with Gasteiger partial charge < -0.3 is 5.32 Å². The zero-order chi connectivity index (χ0) is 10.9. The molecule has 1 N–H and O–H groups in total. The molecule has 1 atom stereocenters. The molecule has 0 bridgehead atoms. The Morgan fingerprint density at radius 1 is 1.53 bits per heavy atom. The van der Waals surface area contributed by atoms with Crippen LogP contribution in [0.25, 0.3) is 0 Å². The Morgan fingerprint density at radius 3 is 3.07 bits per heavy atom. The number of allylic oxidation sites excluding steroid dienone is 5. The third-order valence-electron chi connectivity index (χ3n) is 2.76. The van der Waals surface area contributed by atoms with Crippen LogP contribution in [0.3, 0.4) is 0 Å². The van der Waals surface area contributed by atoms with E-state index < -0.39 is 0 Å². The number of amides is 1. The van der Waals surface area contributed by atoms with E-state index in [1.54, 1.807) is 0 Å². The molecule has 1 amide bonds. The topological polar surface area (TPSA) is 41.5 Å². The van der Waals surface area contributed by atoms with Crippen LogP contribution in [0.1, 0.15) is 20.3 Å². The van der Waals surface area contributed by atoms with Crippen LogP contribution in [0.15, 0.2) is 40.7 Å². The summed E-state index contributed by atoms with van der Waals surface area (Å²) in [5.41, 5.74) is 2.14. The first-order valence-electron chi connectivity index (χ1n) is 5.00. The molecule has 0 saturated heterocycles. The van der Waals surface area contributed by atoms with Crippen LogP contribution in [0.2, 0.25) is 0 Å². The van der Waals surface area contributed by atoms with E-state index in [0.29, 0.717) is 0 Å². The van der Waals surface area contributed by atoms with Crippen molar-refractivity contribution < 1.29 is 4.79 Å². The molecular formula is C12H14N2O. The maximum Gasteiger partial charge on any atom is 0.220 e. The minimum Gasteiger partial charge on any atom is -0.330 e. The molecule has 2 rings (SSSR count). The van der Waals surface area contributed by atoms with Crippen LogP contribution in [0.4, 0.5) is 0 Å². The van der Waals surface area contributed by atoms with Gasteiger partial charge in [-0.2, -0.15) is 0 Å². The van der Waals surface area contributed by atoms with Crippen LogP contribution in [-0.4, -0.2) is 12.1 Å². The number of fused-ring (bicyclic) bond motifs is 1. The monoisotopic (exact) mass is 202 g/mol. The van der Waals surface area contributed by atoms with E-state index in [-0.39, 0.29) is 11.3 Å². The van der Waals surface area contributed by atoms with Gasteiger partial charge in [-0.15, -0.1) is 0 Å². The summed E-state index contributed by atoms with van der Waals surface area (Å²) in [6.45, 7) is 3.68. The fourth-order valence-corrected chi connectivity index (χ4v) is 1.93. The first kappa shape index (κ1) is 9.90. The maximum atomic E-state index is 11.0. The molecule has 3 heteroatoms. The predicted octanol–water partition coefficient (Wildman–Crippen LogP) is 1.94. The third kappa shape index (κ3) is 1.91. The number of rotatable bonds is 1. The lowest BCUT2D eigenvalue weighted by atomic mass is 9.75. The van der Waals surface area contributed by atoms with Crippen molar-refractivity contribution in [3.8, 4) is 0 Å². The van der Waals surface area contributed by atoms with Gasteiger partial charge in [0.15, 0.2) is 0 Å². The highest BCUT2D eigenvalue weighted by molar-refractivity contribution is 5.84. The average molecular weight is 202 g/mol. The van der Waals surface area contributed by atoms with Crippen molar-refractivity contribution in [2.75, 3.05) is 0 Å². The minimum atomic E-state index is -0.0196. The lowest BCUT2D eigenvalue weighted by Crippen LogP contribution is -2.29. The van der Waals surface area contributed by atoms with Gasteiger partial charge >= 0.3 is 0 Å². The molecule has 1 aliphatic carbocycles. The van der Waals surface area contributed by atoms with Gasteiger partial charge in [0.2, 0.25) is 5.91 Å². The summed E-state index contributed by atoms with van der Waals surface area (Å²) in [7, 11) is 0. The van der Waals surface area contributed by atoms with Gasteiger partial charge in [-0.1, -0.05) is 19.1 Å². The predicted molar refractivity (Wildman–Crippen MR) is 60.3 cm³/mol. The van der Waals surface area contributed by atoms with Gasteiger partial charge in [0.05, 0.1) is 0 Å². The lowest BCUT2D eigenvalue weighted by Gasteiger charge is -2.32. The summed E-state index contributed by atoms with van der Waals surface area (Å²) in [6.07, 6.45) is 10.6. The van der Waals surface area contributed by atoms with E-state index in [0.717, 1.165) is 12.1 Å². The van der Waals surface area contributed by atoms with Gasteiger partial charge in [0.1, 0.15) is 0 Å². The Bertz CT molecular complexity index is 415. The summed E-state index contributed by atoms with van der Waals surface area (Å²) in [5.74, 6) is -0.0184. The lowest BCUT2D eigenvalue weighted by molar-refractivity contribution is -0.118. The molecule has 1 aliphatic heterocycles. The molecule has 0 fully saturated rings. The Kier molecular flexibility index (Phi) is 2.31. The quantitative estimate of drug-likeness (QED) is 0.693. The van der Waals surface area contributed by atoms with Crippen LogP contribution >= 0.6 is 0 Å². The highest BCUT2D eigenvalue weighted by atomic mass is 16.1. The van der Waals surface area contributed by atoms with E-state index in [2.05, 4.69) is 23.3 Å². The zero-order valence-corrected chi connectivity index (χ0v) is 8.95. The Labute approximate surface area is 89.3 Å². The smallest absolute Gasteiger partial charge is 0.220 e. The van der Waals surface area contributed by atoms with E-state index in [4.69, 9.17) is 0 Å². The fraction of sp³-hybridized carbons (Fsp3) is 0.333. The van der Waals surface area contributed by atoms with Gasteiger partial charge in [-0.3, -0.25) is 9.79 Å². The standard InChI is InChI=1S/C12H14N2O/c1-9(15)14-11-4-3-10-8-13-6-5-12(10,2)7-11/h3-6,8H,7H2,1-2H3,(H,14,15). The second kappa shape index (κ2) is 3.50. The van der Waals surface area contributed by atoms with Crippen molar-refractivity contribution in [1.29, 1.82) is 0 Å². The molecule has 0 aromatic carbocycles. The van der Waals surface area contributed by atoms with E-state index in [9.17, 15) is 4.79 Å². The first-order chi connectivity index (χ1) is 7.10. The summed E-state index contributed by atoms with van der Waals surface area (Å²) >= 11 is 0. The maximum absolute atomic E-state index is 11.0. The molecule has 1 unspecified atom stereocenters. The summed E-state index contributed by atoms with van der Waals surface area (Å²) in [6, 6.07) is 0. The summed E-state index contributed by atoms with van der Waals surface area (Å²) < 4.78 is 0. The Hall–Kier alpha value is -1.64. The molecule has 0 spiro atoms. The summed E-state index contributed by atoms with van der Waals surface area (Å²) in [5, 5.41) is 2.84. The molecule has 0 saturated carbocycles. The second-order valence-electron chi connectivity index (χ2n) is 4.18. The number of hydrogen-bond donors (Lipinski definition) is 1. The number of carbonyl (C=O) groups excluding carboxylic acids is 1. The molecule has 2 aliphatic rings. The summed E-state index contributed by atoms with van der Waals surface area (Å²) in [4.78, 5) is 15.1. The first-order valence-corrected chi connectivity index (χ1v) is 5.00. The van der Waals surface area contributed by atoms with Crippen molar-refractivity contribution in [3.05, 3.63) is 35.7 Å². The van der Waals surface area contributed by atoms with Crippen LogP contribution < -0.4 is 5.32 Å². The average Bonchev–Trinajstić information content (AvgIpc) is 2.15. The highest BCUT2D eigenvalue weighted by Crippen LogP contribution is 2.38. The van der Waals surface area contributed by atoms with Crippen molar-refractivity contribution >= 4 is 12.1 Å². The van der Waals surface area contributed by atoms with Crippen LogP contribution in [0, 0.1) is 5.41 Å². The van der Waals surface area contributed by atoms with E-state index in [1.165, 1.54) is 12.5 Å².